The lowest BCUT2D eigenvalue weighted by Crippen LogP contribution is -2.24. The topological polar surface area (TPSA) is 52.6 Å². The number of hydrogen-bond donors (Lipinski definition) is 0. The molecule has 0 atom stereocenters. The van der Waals surface area contributed by atoms with Gasteiger partial charge >= 0.3 is 11.9 Å². The normalized spacial score (nSPS) is 17.2. The first kappa shape index (κ1) is 25.2. The van der Waals surface area contributed by atoms with E-state index in [2.05, 4.69) is 61.7 Å². The van der Waals surface area contributed by atoms with Crippen LogP contribution in [0.25, 0.3) is 22.3 Å². The highest BCUT2D eigenvalue weighted by Crippen LogP contribution is 2.35. The highest BCUT2D eigenvalue weighted by Gasteiger charge is 2.25. The maximum Gasteiger partial charge on any atom is 0.338 e. The van der Waals surface area contributed by atoms with Gasteiger partial charge in [0, 0.05) is 11.1 Å². The average Bonchev–Trinajstić information content (AvgIpc) is 2.89. The van der Waals surface area contributed by atoms with Gasteiger partial charge < -0.3 is 9.47 Å². The zero-order valence-electron chi connectivity index (χ0n) is 21.0. The fourth-order valence-corrected chi connectivity index (χ4v) is 4.48. The molecule has 0 amide bonds. The number of carbonyl (C=O) groups excluding carboxylic acids is 2. The first-order chi connectivity index (χ1) is 17.3. The smallest absolute Gasteiger partial charge is 0.338 e. The Balaban J connectivity index is 1.35. The third kappa shape index (κ3) is 6.19. The third-order valence-corrected chi connectivity index (χ3v) is 6.64. The lowest BCUT2D eigenvalue weighted by molar-refractivity contribution is -0.145. The molecule has 4 heteroatoms. The van der Waals surface area contributed by atoms with Gasteiger partial charge in [-0.3, -0.25) is 0 Å². The molecule has 1 saturated carbocycles. The second-order valence-electron chi connectivity index (χ2n) is 9.55. The van der Waals surface area contributed by atoms with Gasteiger partial charge in [0.15, 0.2) is 0 Å². The molecule has 0 unspecified atom stereocenters. The van der Waals surface area contributed by atoms with Crippen molar-refractivity contribution in [2.75, 3.05) is 0 Å². The van der Waals surface area contributed by atoms with Crippen molar-refractivity contribution in [3.8, 4) is 28.0 Å². The maximum absolute atomic E-state index is 11.8. The van der Waals surface area contributed by atoms with Gasteiger partial charge in [0.05, 0.1) is 0 Å². The summed E-state index contributed by atoms with van der Waals surface area (Å²) < 4.78 is 10.8. The lowest BCUT2D eigenvalue weighted by Gasteiger charge is -2.28. The fraction of sp³-hybridized carbons (Fsp3) is 0.250. The number of benzene rings is 3. The number of esters is 2. The van der Waals surface area contributed by atoms with Crippen molar-refractivity contribution in [1.82, 2.24) is 0 Å². The minimum absolute atomic E-state index is 0.00537. The van der Waals surface area contributed by atoms with Gasteiger partial charge in [-0.2, -0.15) is 0 Å². The number of carbonyl (C=O) groups is 2. The molecule has 0 N–H and O–H groups in total. The molecule has 1 fully saturated rings. The Morgan fingerprint density at radius 2 is 1.06 bits per heavy atom. The van der Waals surface area contributed by atoms with Crippen LogP contribution in [0.2, 0.25) is 0 Å². The van der Waals surface area contributed by atoms with E-state index in [9.17, 15) is 9.59 Å². The van der Waals surface area contributed by atoms with Gasteiger partial charge in [0.25, 0.3) is 0 Å². The van der Waals surface area contributed by atoms with Crippen LogP contribution in [0.1, 0.15) is 51.0 Å². The molecule has 3 aromatic rings. The SMILES string of the molecule is C=C(C)C(=O)Oc1ccc(-c2ccc(-c3ccc(C4CCC(OC(=O)C(=C)C)CC4)cc3)cc2)cc1. The summed E-state index contributed by atoms with van der Waals surface area (Å²) in [5, 5.41) is 0. The van der Waals surface area contributed by atoms with E-state index >= 15 is 0 Å². The number of rotatable bonds is 7. The highest BCUT2D eigenvalue weighted by molar-refractivity contribution is 5.89. The van der Waals surface area contributed by atoms with Crippen LogP contribution in [-0.2, 0) is 14.3 Å². The zero-order chi connectivity index (χ0) is 25.7. The van der Waals surface area contributed by atoms with Gasteiger partial charge in [-0.1, -0.05) is 73.8 Å². The molecule has 4 nitrogen and oxygen atoms in total. The first-order valence-corrected chi connectivity index (χ1v) is 12.3. The van der Waals surface area contributed by atoms with Crippen LogP contribution < -0.4 is 4.74 Å². The van der Waals surface area contributed by atoms with Gasteiger partial charge in [0.1, 0.15) is 11.9 Å². The zero-order valence-corrected chi connectivity index (χ0v) is 21.0. The Kier molecular flexibility index (Phi) is 7.84. The van der Waals surface area contributed by atoms with E-state index in [0.717, 1.165) is 42.4 Å². The molecule has 36 heavy (non-hydrogen) atoms. The van der Waals surface area contributed by atoms with Crippen LogP contribution in [0.4, 0.5) is 0 Å². The van der Waals surface area contributed by atoms with Crippen LogP contribution in [0.3, 0.4) is 0 Å². The van der Waals surface area contributed by atoms with E-state index in [1.807, 2.05) is 12.1 Å². The van der Waals surface area contributed by atoms with E-state index in [4.69, 9.17) is 9.47 Å². The Labute approximate surface area is 213 Å². The molecule has 0 aromatic heterocycles. The van der Waals surface area contributed by atoms with Crippen molar-refractivity contribution in [1.29, 1.82) is 0 Å². The summed E-state index contributed by atoms with van der Waals surface area (Å²) in [5.74, 6) is 0.300. The molecular formula is C32H32O4. The summed E-state index contributed by atoms with van der Waals surface area (Å²) in [6.45, 7) is 10.6. The molecule has 0 heterocycles. The quantitative estimate of drug-likeness (QED) is 0.198. The Morgan fingerprint density at radius 3 is 1.50 bits per heavy atom. The standard InChI is InChI=1S/C32H32O4/c1-21(2)31(33)35-29-17-13-27(14-18-29)25-9-5-23(6-10-25)24-7-11-26(12-8-24)28-15-19-30(20-16-28)36-32(34)22(3)4/h5-14,17-18,28,30H,1,3,15-16,19-20H2,2,4H3. The van der Waals surface area contributed by atoms with Crippen molar-refractivity contribution in [3.05, 3.63) is 103 Å². The van der Waals surface area contributed by atoms with Crippen molar-refractivity contribution < 1.29 is 19.1 Å². The summed E-state index contributed by atoms with van der Waals surface area (Å²) in [6.07, 6.45) is 3.83. The van der Waals surface area contributed by atoms with E-state index in [0.29, 0.717) is 22.8 Å². The second-order valence-corrected chi connectivity index (χ2v) is 9.55. The maximum atomic E-state index is 11.8. The minimum atomic E-state index is -0.421. The lowest BCUT2D eigenvalue weighted by atomic mass is 9.82. The minimum Gasteiger partial charge on any atom is -0.459 e. The summed E-state index contributed by atoms with van der Waals surface area (Å²) in [6, 6.07) is 24.7. The number of ether oxygens (including phenoxy) is 2. The Morgan fingerprint density at radius 1 is 0.639 bits per heavy atom. The van der Waals surface area contributed by atoms with E-state index < -0.39 is 5.97 Å². The van der Waals surface area contributed by atoms with Crippen LogP contribution >= 0.6 is 0 Å². The average molecular weight is 481 g/mol. The Hall–Kier alpha value is -3.92. The predicted molar refractivity (Wildman–Crippen MR) is 144 cm³/mol. The van der Waals surface area contributed by atoms with E-state index in [-0.39, 0.29) is 12.1 Å². The van der Waals surface area contributed by atoms with E-state index in [1.165, 1.54) is 11.1 Å². The summed E-state index contributed by atoms with van der Waals surface area (Å²) in [7, 11) is 0. The Bertz CT molecular complexity index is 1240. The summed E-state index contributed by atoms with van der Waals surface area (Å²) in [4.78, 5) is 23.4. The summed E-state index contributed by atoms with van der Waals surface area (Å²) >= 11 is 0. The van der Waals surface area contributed by atoms with Gasteiger partial charge in [-0.25, -0.2) is 9.59 Å². The van der Waals surface area contributed by atoms with Gasteiger partial charge in [-0.15, -0.1) is 0 Å². The molecule has 0 saturated heterocycles. The molecule has 3 aromatic carbocycles. The monoisotopic (exact) mass is 480 g/mol. The predicted octanol–water partition coefficient (Wildman–Crippen LogP) is 7.65. The van der Waals surface area contributed by atoms with Crippen molar-refractivity contribution >= 4 is 11.9 Å². The third-order valence-electron chi connectivity index (χ3n) is 6.64. The molecule has 184 valence electrons. The van der Waals surface area contributed by atoms with Crippen LogP contribution in [-0.4, -0.2) is 18.0 Å². The summed E-state index contributed by atoms with van der Waals surface area (Å²) in [5.41, 5.74) is 6.65. The highest BCUT2D eigenvalue weighted by atomic mass is 16.5. The second kappa shape index (κ2) is 11.2. The first-order valence-electron chi connectivity index (χ1n) is 12.3. The largest absolute Gasteiger partial charge is 0.459 e. The van der Waals surface area contributed by atoms with Gasteiger partial charge in [-0.05, 0) is 85.4 Å². The van der Waals surface area contributed by atoms with Crippen molar-refractivity contribution in [3.63, 3.8) is 0 Å². The molecule has 1 aliphatic rings. The molecule has 0 radical (unpaired) electrons. The molecule has 0 spiro atoms. The van der Waals surface area contributed by atoms with Crippen molar-refractivity contribution in [2.24, 2.45) is 0 Å². The molecule has 4 rings (SSSR count). The molecule has 0 bridgehead atoms. The van der Waals surface area contributed by atoms with E-state index in [1.54, 1.807) is 26.0 Å². The molecule has 0 aliphatic heterocycles. The fourth-order valence-electron chi connectivity index (χ4n) is 4.48. The van der Waals surface area contributed by atoms with Crippen molar-refractivity contribution in [2.45, 2.75) is 51.6 Å². The van der Waals surface area contributed by atoms with Crippen LogP contribution in [0, 0.1) is 0 Å². The molecular weight excluding hydrogens is 448 g/mol. The van der Waals surface area contributed by atoms with Gasteiger partial charge in [0.2, 0.25) is 0 Å². The number of hydrogen-bond acceptors (Lipinski definition) is 4. The van der Waals surface area contributed by atoms with Crippen LogP contribution in [0.5, 0.6) is 5.75 Å². The van der Waals surface area contributed by atoms with Crippen LogP contribution in [0.15, 0.2) is 97.1 Å². The molecule has 1 aliphatic carbocycles.